The molecule has 0 aliphatic rings. The molecule has 0 aromatic carbocycles. The molecule has 35 heavy (non-hydrogen) atoms. The molecule has 0 radical (unpaired) electrons. The highest BCUT2D eigenvalue weighted by Gasteiger charge is 2.51. The molecule has 0 aliphatic carbocycles. The van der Waals surface area contributed by atoms with Crippen LogP contribution in [0.1, 0.15) is 80.1 Å². The molecule has 0 amide bonds. The van der Waals surface area contributed by atoms with Crippen molar-refractivity contribution >= 4 is 7.82 Å². The van der Waals surface area contributed by atoms with Crippen LogP contribution in [0.4, 0.5) is 0 Å². The summed E-state index contributed by atoms with van der Waals surface area (Å²) in [6.07, 6.45) is 3.39. The first-order valence-electron chi connectivity index (χ1n) is 12.8. The number of hydrogen-bond donors (Lipinski definition) is 0. The Morgan fingerprint density at radius 2 is 0.771 bits per heavy atom. The minimum Gasteiger partial charge on any atom is -0.376 e. The molecule has 0 saturated heterocycles. The van der Waals surface area contributed by atoms with Gasteiger partial charge < -0.3 is 28.4 Å². The lowest BCUT2D eigenvalue weighted by atomic mass is 10.2. The van der Waals surface area contributed by atoms with Gasteiger partial charge in [-0.2, -0.15) is 0 Å². The van der Waals surface area contributed by atoms with E-state index in [1.807, 2.05) is 41.5 Å². The number of rotatable bonds is 24. The highest BCUT2D eigenvalue weighted by atomic mass is 31.2. The SMILES string of the molecule is CCCOCC(CC)(OC)OP(=O)(OC(CC)(COCCC)OC)OC(CC)(COCCC)OC. The fourth-order valence-corrected chi connectivity index (χ4v) is 5.19. The Morgan fingerprint density at radius 3 is 0.943 bits per heavy atom. The fourth-order valence-electron chi connectivity index (χ4n) is 3.08. The molecule has 0 heterocycles. The standard InChI is InChI=1S/C24H51O10P/c1-10-16-29-19-22(13-4,26-7)32-35(25,33-23(14-5,27-8)20-30-17-11-2)34-24(15-6,28-9)21-31-18-12-3/h10-21H2,1-9H3. The summed E-state index contributed by atoms with van der Waals surface area (Å²) in [6, 6.07) is 0. The van der Waals surface area contributed by atoms with Crippen LogP contribution >= 0.6 is 7.82 Å². The molecule has 3 unspecified atom stereocenters. The predicted octanol–water partition coefficient (Wildman–Crippen LogP) is 5.68. The van der Waals surface area contributed by atoms with Crippen molar-refractivity contribution in [2.75, 3.05) is 61.0 Å². The molecule has 3 atom stereocenters. The molecule has 0 aliphatic heterocycles. The number of hydrogen-bond acceptors (Lipinski definition) is 10. The first-order valence-corrected chi connectivity index (χ1v) is 14.2. The van der Waals surface area contributed by atoms with Crippen LogP contribution in [0.25, 0.3) is 0 Å². The van der Waals surface area contributed by atoms with Crippen LogP contribution < -0.4 is 0 Å². The Morgan fingerprint density at radius 1 is 0.514 bits per heavy atom. The smallest absolute Gasteiger partial charge is 0.376 e. The summed E-state index contributed by atoms with van der Waals surface area (Å²) in [7, 11) is -0.0552. The number of ether oxygens (including phenoxy) is 6. The third kappa shape index (κ3) is 11.9. The van der Waals surface area contributed by atoms with Crippen LogP contribution in [0, 0.1) is 0 Å². The molecule has 0 spiro atoms. The average molecular weight is 531 g/mol. The lowest BCUT2D eigenvalue weighted by Crippen LogP contribution is -2.46. The van der Waals surface area contributed by atoms with Crippen LogP contribution in [0.15, 0.2) is 0 Å². The summed E-state index contributed by atoms with van der Waals surface area (Å²) in [4.78, 5) is 0. The Balaban J connectivity index is 6.31. The van der Waals surface area contributed by atoms with Gasteiger partial charge in [0.05, 0.1) is 0 Å². The van der Waals surface area contributed by atoms with Crippen molar-refractivity contribution in [3.63, 3.8) is 0 Å². The van der Waals surface area contributed by atoms with Gasteiger partial charge in [-0.15, -0.1) is 0 Å². The van der Waals surface area contributed by atoms with Gasteiger partial charge in [0, 0.05) is 60.4 Å². The lowest BCUT2D eigenvalue weighted by molar-refractivity contribution is -0.267. The van der Waals surface area contributed by atoms with Crippen molar-refractivity contribution in [3.8, 4) is 0 Å². The average Bonchev–Trinajstić information content (AvgIpc) is 2.87. The minimum atomic E-state index is -4.44. The largest absolute Gasteiger partial charge is 0.482 e. The van der Waals surface area contributed by atoms with Gasteiger partial charge in [-0.1, -0.05) is 41.5 Å². The van der Waals surface area contributed by atoms with Gasteiger partial charge >= 0.3 is 7.82 Å². The van der Waals surface area contributed by atoms with Crippen molar-refractivity contribution in [3.05, 3.63) is 0 Å². The zero-order valence-corrected chi connectivity index (χ0v) is 24.4. The Labute approximate surface area is 213 Å². The monoisotopic (exact) mass is 530 g/mol. The second-order valence-electron chi connectivity index (χ2n) is 8.28. The normalized spacial score (nSPS) is 19.0. The van der Waals surface area contributed by atoms with Crippen LogP contribution in [-0.2, 0) is 46.6 Å². The van der Waals surface area contributed by atoms with Crippen LogP contribution in [0.5, 0.6) is 0 Å². The quantitative estimate of drug-likeness (QED) is 0.0880. The van der Waals surface area contributed by atoms with Gasteiger partial charge in [0.2, 0.25) is 17.4 Å². The van der Waals surface area contributed by atoms with Crippen molar-refractivity contribution < 1.29 is 46.6 Å². The molecule has 0 bridgehead atoms. The van der Waals surface area contributed by atoms with E-state index >= 15 is 0 Å². The molecule has 0 aromatic rings. The van der Waals surface area contributed by atoms with Crippen molar-refractivity contribution in [2.24, 2.45) is 0 Å². The van der Waals surface area contributed by atoms with Crippen molar-refractivity contribution in [1.29, 1.82) is 0 Å². The Hall–Kier alpha value is -0.130. The van der Waals surface area contributed by atoms with Gasteiger partial charge in [-0.25, -0.2) is 4.57 Å². The molecule has 10 nitrogen and oxygen atoms in total. The lowest BCUT2D eigenvalue weighted by Gasteiger charge is -2.41. The topological polar surface area (TPSA) is 100 Å². The van der Waals surface area contributed by atoms with Crippen LogP contribution in [-0.4, -0.2) is 78.3 Å². The summed E-state index contributed by atoms with van der Waals surface area (Å²) >= 11 is 0. The fraction of sp³-hybridized carbons (Fsp3) is 1.00. The van der Waals surface area contributed by atoms with Crippen LogP contribution in [0.2, 0.25) is 0 Å². The van der Waals surface area contributed by atoms with E-state index in [1.165, 1.54) is 21.3 Å². The third-order valence-electron chi connectivity index (χ3n) is 5.58. The zero-order chi connectivity index (χ0) is 26.8. The molecular weight excluding hydrogens is 479 g/mol. The molecule has 0 aromatic heterocycles. The molecular formula is C24H51O10P. The maximum atomic E-state index is 14.4. The first-order chi connectivity index (χ1) is 16.7. The third-order valence-corrected chi connectivity index (χ3v) is 7.25. The molecule has 212 valence electrons. The zero-order valence-electron chi connectivity index (χ0n) is 23.5. The van der Waals surface area contributed by atoms with E-state index in [1.54, 1.807) is 0 Å². The first kappa shape index (κ1) is 34.9. The summed E-state index contributed by atoms with van der Waals surface area (Å²) in [5.74, 6) is -4.17. The van der Waals surface area contributed by atoms with Gasteiger partial charge in [-0.3, -0.25) is 13.6 Å². The number of methoxy groups -OCH3 is 3. The second-order valence-corrected chi connectivity index (χ2v) is 9.73. The maximum Gasteiger partial charge on any atom is 0.482 e. The highest BCUT2D eigenvalue weighted by molar-refractivity contribution is 7.48. The van der Waals surface area contributed by atoms with Gasteiger partial charge in [-0.05, 0) is 19.3 Å². The van der Waals surface area contributed by atoms with E-state index in [9.17, 15) is 4.57 Å². The van der Waals surface area contributed by atoms with E-state index in [4.69, 9.17) is 42.0 Å². The Bertz CT molecular complexity index is 486. The van der Waals surface area contributed by atoms with E-state index in [0.717, 1.165) is 19.3 Å². The number of phosphoric acid groups is 1. The summed E-state index contributed by atoms with van der Waals surface area (Å²) in [6.45, 7) is 13.1. The second kappa shape index (κ2) is 18.2. The molecule has 0 fully saturated rings. The van der Waals surface area contributed by atoms with E-state index in [2.05, 4.69) is 0 Å². The van der Waals surface area contributed by atoms with Gasteiger partial charge in [0.25, 0.3) is 0 Å². The van der Waals surface area contributed by atoms with Gasteiger partial charge in [0.1, 0.15) is 19.8 Å². The minimum absolute atomic E-state index is 0.0292. The van der Waals surface area contributed by atoms with Gasteiger partial charge in [0.15, 0.2) is 0 Å². The van der Waals surface area contributed by atoms with Crippen molar-refractivity contribution in [1.82, 2.24) is 0 Å². The highest BCUT2D eigenvalue weighted by Crippen LogP contribution is 2.59. The molecule has 11 heteroatoms. The number of phosphoric ester groups is 1. The molecule has 0 rings (SSSR count). The van der Waals surface area contributed by atoms with Crippen LogP contribution in [0.3, 0.4) is 0 Å². The molecule has 0 N–H and O–H groups in total. The predicted molar refractivity (Wildman–Crippen MR) is 134 cm³/mol. The van der Waals surface area contributed by atoms with E-state index in [0.29, 0.717) is 39.1 Å². The van der Waals surface area contributed by atoms with Crippen molar-refractivity contribution in [2.45, 2.75) is 97.4 Å². The van der Waals surface area contributed by atoms with E-state index in [-0.39, 0.29) is 19.8 Å². The van der Waals surface area contributed by atoms with E-state index < -0.39 is 25.2 Å². The summed E-state index contributed by atoms with van der Waals surface area (Å²) in [5, 5.41) is 0. The molecule has 0 saturated carbocycles. The Kier molecular flexibility index (Phi) is 18.1. The maximum absolute atomic E-state index is 14.4. The summed E-state index contributed by atoms with van der Waals surface area (Å²) < 4.78 is 66.8. The summed E-state index contributed by atoms with van der Waals surface area (Å²) in [5.41, 5.74) is 0.